The Labute approximate surface area is 137 Å². The number of hydrogen-bond donors (Lipinski definition) is 1. The summed E-state index contributed by atoms with van der Waals surface area (Å²) in [6.45, 7) is 3.41. The van der Waals surface area contributed by atoms with Crippen molar-refractivity contribution < 1.29 is 26.0 Å². The summed E-state index contributed by atoms with van der Waals surface area (Å²) in [5, 5.41) is 0. The monoisotopic (exact) mass is 361 g/mol. The highest BCUT2D eigenvalue weighted by atomic mass is 32.2. The molecule has 0 fully saturated rings. The van der Waals surface area contributed by atoms with Gasteiger partial charge in [-0.25, -0.2) is 30.7 Å². The van der Waals surface area contributed by atoms with Crippen LogP contribution >= 0.6 is 0 Å². The van der Waals surface area contributed by atoms with Crippen molar-refractivity contribution in [2.75, 3.05) is 0 Å². The Hall–Kier alpha value is -1.93. The zero-order chi connectivity index (χ0) is 18.1. The normalized spacial score (nSPS) is 13.3. The second-order valence-corrected chi connectivity index (χ2v) is 7.25. The fourth-order valence-corrected chi connectivity index (χ4v) is 3.65. The predicted molar refractivity (Wildman–Crippen MR) is 80.6 cm³/mol. The van der Waals surface area contributed by atoms with Gasteiger partial charge in [0.2, 0.25) is 10.0 Å². The summed E-state index contributed by atoms with van der Waals surface area (Å²) in [5.74, 6) is -5.88. The van der Waals surface area contributed by atoms with E-state index in [1.165, 1.54) is 12.1 Å². The molecule has 0 aliphatic carbocycles. The number of rotatable bonds is 5. The van der Waals surface area contributed by atoms with E-state index in [4.69, 9.17) is 0 Å². The predicted octanol–water partition coefficient (Wildman–Crippen LogP) is 3.92. The highest BCUT2D eigenvalue weighted by Gasteiger charge is 2.28. The highest BCUT2D eigenvalue weighted by molar-refractivity contribution is 7.89. The molecule has 3 nitrogen and oxygen atoms in total. The number of hydrogen-bond acceptors (Lipinski definition) is 2. The van der Waals surface area contributed by atoms with E-state index in [-0.39, 0.29) is 5.92 Å². The maximum Gasteiger partial charge on any atom is 0.244 e. The van der Waals surface area contributed by atoms with Crippen LogP contribution in [0.5, 0.6) is 0 Å². The Morgan fingerprint density at radius 1 is 0.875 bits per heavy atom. The molecule has 0 bridgehead atoms. The number of benzene rings is 2. The maximum absolute atomic E-state index is 13.8. The van der Waals surface area contributed by atoms with E-state index in [0.717, 1.165) is 12.1 Å². The topological polar surface area (TPSA) is 46.2 Å². The molecule has 1 N–H and O–H groups in total. The molecule has 0 heterocycles. The number of nitrogens with one attached hydrogen (secondary N) is 1. The molecule has 0 aliphatic rings. The number of sulfonamides is 1. The Morgan fingerprint density at radius 2 is 1.46 bits per heavy atom. The first-order chi connectivity index (χ1) is 11.1. The first-order valence-corrected chi connectivity index (χ1v) is 8.53. The molecule has 0 saturated heterocycles. The minimum Gasteiger partial charge on any atom is -0.207 e. The lowest BCUT2D eigenvalue weighted by Crippen LogP contribution is -2.32. The van der Waals surface area contributed by atoms with Crippen LogP contribution in [0.4, 0.5) is 17.6 Å². The summed E-state index contributed by atoms with van der Waals surface area (Å²) in [6, 6.07) is 5.50. The highest BCUT2D eigenvalue weighted by Crippen LogP contribution is 2.26. The maximum atomic E-state index is 13.8. The van der Waals surface area contributed by atoms with Crippen LogP contribution in [0.15, 0.2) is 41.3 Å². The van der Waals surface area contributed by atoms with E-state index in [1.54, 1.807) is 13.8 Å². The summed E-state index contributed by atoms with van der Waals surface area (Å²) in [6.07, 6.45) is 0. The zero-order valence-corrected chi connectivity index (χ0v) is 13.7. The van der Waals surface area contributed by atoms with Crippen LogP contribution < -0.4 is 4.72 Å². The first-order valence-electron chi connectivity index (χ1n) is 7.04. The van der Waals surface area contributed by atoms with Crippen LogP contribution in [-0.4, -0.2) is 8.42 Å². The largest absolute Gasteiger partial charge is 0.244 e. The van der Waals surface area contributed by atoms with E-state index in [0.29, 0.717) is 17.7 Å². The van der Waals surface area contributed by atoms with Gasteiger partial charge in [0.05, 0.1) is 0 Å². The molecule has 2 rings (SSSR count). The quantitative estimate of drug-likeness (QED) is 0.648. The molecule has 24 heavy (non-hydrogen) atoms. The van der Waals surface area contributed by atoms with Crippen LogP contribution in [0, 0.1) is 29.2 Å². The number of halogens is 4. The van der Waals surface area contributed by atoms with Gasteiger partial charge in [-0.05, 0) is 35.7 Å². The van der Waals surface area contributed by atoms with Crippen LogP contribution in [0.25, 0.3) is 0 Å². The molecule has 0 aromatic heterocycles. The molecule has 1 atom stereocenters. The van der Waals surface area contributed by atoms with Crippen molar-refractivity contribution in [3.05, 3.63) is 65.2 Å². The first kappa shape index (κ1) is 18.4. The minimum absolute atomic E-state index is 0.265. The molecule has 0 aliphatic heterocycles. The zero-order valence-electron chi connectivity index (χ0n) is 12.9. The minimum atomic E-state index is -4.46. The van der Waals surface area contributed by atoms with Crippen molar-refractivity contribution in [3.8, 4) is 0 Å². The summed E-state index contributed by atoms with van der Waals surface area (Å²) in [7, 11) is -4.46. The fourth-order valence-electron chi connectivity index (χ4n) is 2.21. The molecule has 2 aromatic carbocycles. The average molecular weight is 361 g/mol. The second kappa shape index (κ2) is 6.90. The molecule has 130 valence electrons. The van der Waals surface area contributed by atoms with Crippen molar-refractivity contribution in [2.45, 2.75) is 24.8 Å². The molecule has 1 unspecified atom stereocenters. The fraction of sp³-hybridized carbons (Fsp3) is 0.250. The second-order valence-electron chi connectivity index (χ2n) is 5.57. The smallest absolute Gasteiger partial charge is 0.207 e. The summed E-state index contributed by atoms with van der Waals surface area (Å²) in [4.78, 5) is -0.992. The van der Waals surface area contributed by atoms with Gasteiger partial charge in [0.25, 0.3) is 0 Å². The van der Waals surface area contributed by atoms with Gasteiger partial charge >= 0.3 is 0 Å². The SMILES string of the molecule is CC(C)C(NS(=O)(=O)c1ccc(F)c(F)c1F)c1ccc(F)cc1. The van der Waals surface area contributed by atoms with Gasteiger partial charge in [0.1, 0.15) is 10.7 Å². The van der Waals surface area contributed by atoms with Gasteiger partial charge in [-0.1, -0.05) is 26.0 Å². The lowest BCUT2D eigenvalue weighted by Gasteiger charge is -2.23. The van der Waals surface area contributed by atoms with Crippen molar-refractivity contribution in [1.29, 1.82) is 0 Å². The summed E-state index contributed by atoms with van der Waals surface area (Å²) >= 11 is 0. The standard InChI is InChI=1S/C16H15F4NO2S/c1-9(2)16(10-3-5-11(17)6-4-10)21-24(22,23)13-8-7-12(18)14(19)15(13)20/h3-9,16,21H,1-2H3. The Bertz CT molecular complexity index is 836. The average Bonchev–Trinajstić information content (AvgIpc) is 2.51. The van der Waals surface area contributed by atoms with Gasteiger partial charge in [-0.15, -0.1) is 0 Å². The lowest BCUT2D eigenvalue weighted by molar-refractivity contribution is 0.427. The molecule has 8 heteroatoms. The van der Waals surface area contributed by atoms with Crippen LogP contribution in [-0.2, 0) is 10.0 Å². The third-order valence-corrected chi connectivity index (χ3v) is 4.93. The third-order valence-electron chi connectivity index (χ3n) is 3.47. The molecular formula is C16H15F4NO2S. The Morgan fingerprint density at radius 3 is 2.00 bits per heavy atom. The van der Waals surface area contributed by atoms with E-state index >= 15 is 0 Å². The van der Waals surface area contributed by atoms with E-state index in [9.17, 15) is 26.0 Å². The van der Waals surface area contributed by atoms with Crippen LogP contribution in [0.1, 0.15) is 25.5 Å². The summed E-state index contributed by atoms with van der Waals surface area (Å²) < 4.78 is 80.0. The van der Waals surface area contributed by atoms with Crippen molar-refractivity contribution in [2.24, 2.45) is 5.92 Å². The summed E-state index contributed by atoms with van der Waals surface area (Å²) in [5.41, 5.74) is 0.456. The van der Waals surface area contributed by atoms with E-state index in [2.05, 4.69) is 4.72 Å². The van der Waals surface area contributed by atoms with Gasteiger partial charge in [0, 0.05) is 6.04 Å². The van der Waals surface area contributed by atoms with E-state index < -0.39 is 44.2 Å². The molecule has 0 spiro atoms. The van der Waals surface area contributed by atoms with Crippen LogP contribution in [0.2, 0.25) is 0 Å². The van der Waals surface area contributed by atoms with Gasteiger partial charge in [0.15, 0.2) is 17.5 Å². The van der Waals surface area contributed by atoms with Crippen molar-refractivity contribution in [3.63, 3.8) is 0 Å². The van der Waals surface area contributed by atoms with Crippen molar-refractivity contribution in [1.82, 2.24) is 4.72 Å². The van der Waals surface area contributed by atoms with Gasteiger partial charge in [-0.3, -0.25) is 0 Å². The molecule has 0 saturated carbocycles. The van der Waals surface area contributed by atoms with Crippen molar-refractivity contribution >= 4 is 10.0 Å². The lowest BCUT2D eigenvalue weighted by atomic mass is 9.97. The van der Waals surface area contributed by atoms with Gasteiger partial charge in [-0.2, -0.15) is 0 Å². The molecule has 0 radical (unpaired) electrons. The van der Waals surface area contributed by atoms with E-state index in [1.807, 2.05) is 0 Å². The molecular weight excluding hydrogens is 346 g/mol. The third kappa shape index (κ3) is 3.76. The Kier molecular flexibility index (Phi) is 5.29. The molecule has 2 aromatic rings. The van der Waals surface area contributed by atoms with Gasteiger partial charge < -0.3 is 0 Å². The van der Waals surface area contributed by atoms with Crippen LogP contribution in [0.3, 0.4) is 0 Å². The Balaban J connectivity index is 2.42. The molecule has 0 amide bonds.